The highest BCUT2D eigenvalue weighted by Crippen LogP contribution is 2.56. The van der Waals surface area contributed by atoms with E-state index in [0.29, 0.717) is 25.2 Å². The second-order valence-electron chi connectivity index (χ2n) is 8.83. The Morgan fingerprint density at radius 2 is 2.09 bits per heavy atom. The van der Waals surface area contributed by atoms with Crippen LogP contribution in [0.2, 0.25) is 0 Å². The number of amidine groups is 1. The zero-order chi connectivity index (χ0) is 23.4. The summed E-state index contributed by atoms with van der Waals surface area (Å²) in [4.78, 5) is 10.7. The van der Waals surface area contributed by atoms with Gasteiger partial charge in [0.2, 0.25) is 0 Å². The van der Waals surface area contributed by atoms with Crippen molar-refractivity contribution in [2.75, 3.05) is 33.9 Å². The minimum absolute atomic E-state index is 0.110. The number of benzene rings is 1. The second kappa shape index (κ2) is 7.62. The van der Waals surface area contributed by atoms with E-state index in [0.717, 1.165) is 12.0 Å². The van der Waals surface area contributed by atoms with Crippen LogP contribution < -0.4 is 4.18 Å². The molecule has 0 amide bonds. The van der Waals surface area contributed by atoms with Gasteiger partial charge in [0, 0.05) is 26.6 Å². The van der Waals surface area contributed by atoms with Crippen molar-refractivity contribution in [2.45, 2.75) is 30.8 Å². The van der Waals surface area contributed by atoms with Gasteiger partial charge >= 0.3 is 21.6 Å². The first-order valence-corrected chi connectivity index (χ1v) is 11.4. The fourth-order valence-electron chi connectivity index (χ4n) is 4.73. The Bertz CT molecular complexity index is 1070. The van der Waals surface area contributed by atoms with Crippen LogP contribution in [0.3, 0.4) is 0 Å². The van der Waals surface area contributed by atoms with E-state index < -0.39 is 26.9 Å². The molecule has 8 nitrogen and oxygen atoms in total. The molecule has 2 heterocycles. The summed E-state index contributed by atoms with van der Waals surface area (Å²) in [6, 6.07) is 4.31. The van der Waals surface area contributed by atoms with Crippen LogP contribution in [0, 0.1) is 11.3 Å². The maximum absolute atomic E-state index is 12.8. The van der Waals surface area contributed by atoms with Gasteiger partial charge in [-0.05, 0) is 41.5 Å². The average molecular weight is 475 g/mol. The molecule has 1 aliphatic carbocycles. The Kier molecular flexibility index (Phi) is 5.44. The van der Waals surface area contributed by atoms with E-state index in [-0.39, 0.29) is 24.0 Å². The molecule has 1 aromatic rings. The molecule has 0 radical (unpaired) electrons. The largest absolute Gasteiger partial charge is 0.534 e. The molecule has 1 unspecified atom stereocenters. The van der Waals surface area contributed by atoms with Crippen LogP contribution in [0.25, 0.3) is 0 Å². The molecule has 0 aromatic heterocycles. The SMILES string of the molecule is CN(C)C=NC1=NC2(CO1)c1cc(OS(=O)(=O)C(F)(F)F)ccc1C[C@]1(C)CCOC[C@@H]21. The Labute approximate surface area is 184 Å². The fraction of sp³-hybridized carbons (Fsp3) is 0.600. The van der Waals surface area contributed by atoms with Gasteiger partial charge in [0.05, 0.1) is 12.9 Å². The Morgan fingerprint density at radius 1 is 1.34 bits per heavy atom. The minimum atomic E-state index is -5.80. The molecule has 1 fully saturated rings. The smallest absolute Gasteiger partial charge is 0.461 e. The number of nitrogens with zero attached hydrogens (tertiary/aromatic N) is 3. The molecule has 32 heavy (non-hydrogen) atoms. The van der Waals surface area contributed by atoms with Crippen LogP contribution in [-0.4, -0.2) is 65.1 Å². The van der Waals surface area contributed by atoms with Crippen LogP contribution in [0.15, 0.2) is 28.2 Å². The highest BCUT2D eigenvalue weighted by Gasteiger charge is 2.58. The van der Waals surface area contributed by atoms with Gasteiger partial charge in [-0.25, -0.2) is 4.99 Å². The number of ether oxygens (including phenoxy) is 2. The first-order chi connectivity index (χ1) is 14.9. The number of hydrogen-bond acceptors (Lipinski definition) is 7. The van der Waals surface area contributed by atoms with Gasteiger partial charge in [-0.2, -0.15) is 26.6 Å². The molecule has 0 bridgehead atoms. The molecule has 1 saturated heterocycles. The monoisotopic (exact) mass is 475 g/mol. The van der Waals surface area contributed by atoms with Crippen molar-refractivity contribution in [1.29, 1.82) is 0 Å². The molecule has 3 aliphatic rings. The molecule has 176 valence electrons. The first-order valence-electron chi connectivity index (χ1n) is 10.0. The predicted molar refractivity (Wildman–Crippen MR) is 110 cm³/mol. The van der Waals surface area contributed by atoms with Gasteiger partial charge in [0.15, 0.2) is 0 Å². The van der Waals surface area contributed by atoms with Gasteiger partial charge < -0.3 is 18.6 Å². The molecule has 0 N–H and O–H groups in total. The molecule has 1 aromatic carbocycles. The number of halogens is 3. The number of fused-ring (bicyclic) bond motifs is 4. The van der Waals surface area contributed by atoms with Gasteiger partial charge in [0.1, 0.15) is 17.9 Å². The third kappa shape index (κ3) is 3.83. The minimum Gasteiger partial charge on any atom is -0.461 e. The summed E-state index contributed by atoms with van der Waals surface area (Å²) in [5.41, 5.74) is -5.27. The summed E-state index contributed by atoms with van der Waals surface area (Å²) in [7, 11) is -2.21. The normalized spacial score (nSPS) is 29.9. The highest BCUT2D eigenvalue weighted by atomic mass is 32.2. The Balaban J connectivity index is 1.82. The maximum atomic E-state index is 12.8. The fourth-order valence-corrected chi connectivity index (χ4v) is 5.18. The van der Waals surface area contributed by atoms with Crippen molar-refractivity contribution in [3.63, 3.8) is 0 Å². The quantitative estimate of drug-likeness (QED) is 0.289. The number of alkyl halides is 3. The summed E-state index contributed by atoms with van der Waals surface area (Å²) < 4.78 is 77.5. The third-order valence-corrected chi connectivity index (χ3v) is 7.25. The number of hydrogen-bond donors (Lipinski definition) is 0. The predicted octanol–water partition coefficient (Wildman–Crippen LogP) is 2.69. The van der Waals surface area contributed by atoms with E-state index in [1.807, 2.05) is 0 Å². The molecule has 2 aliphatic heterocycles. The van der Waals surface area contributed by atoms with Gasteiger partial charge in [0.25, 0.3) is 0 Å². The van der Waals surface area contributed by atoms with Gasteiger partial charge in [-0.15, -0.1) is 0 Å². The summed E-state index contributed by atoms with van der Waals surface area (Å²) in [5.74, 6) is -0.570. The lowest BCUT2D eigenvalue weighted by Crippen LogP contribution is -2.54. The Hall–Kier alpha value is -2.34. The van der Waals surface area contributed by atoms with Crippen molar-refractivity contribution in [1.82, 2.24) is 4.90 Å². The van der Waals surface area contributed by atoms with E-state index in [2.05, 4.69) is 16.1 Å². The molecule has 12 heteroatoms. The summed E-state index contributed by atoms with van der Waals surface area (Å²) in [6.45, 7) is 3.23. The van der Waals surface area contributed by atoms with E-state index in [1.54, 1.807) is 25.1 Å². The van der Waals surface area contributed by atoms with E-state index >= 15 is 0 Å². The number of aliphatic imine (C=N–C) groups is 2. The lowest BCUT2D eigenvalue weighted by Gasteiger charge is -2.52. The van der Waals surface area contributed by atoms with E-state index in [1.165, 1.54) is 18.5 Å². The van der Waals surface area contributed by atoms with Crippen molar-refractivity contribution in [3.05, 3.63) is 29.3 Å². The standard InChI is InChI=1S/C20H24F3N3O5S/c1-18-6-7-29-10-16(18)19(11-30-17(25-19)24-12-26(2)3)15-8-14(5-4-13(15)9-18)31-32(27,28)20(21,22)23/h4-5,8,12,16H,6-7,9-11H2,1-3H3/t16-,18+,19?/m1/s1. The van der Waals surface area contributed by atoms with Crippen LogP contribution in [0.1, 0.15) is 24.5 Å². The topological polar surface area (TPSA) is 89.8 Å². The lowest BCUT2D eigenvalue weighted by molar-refractivity contribution is -0.0792. The van der Waals surface area contributed by atoms with Crippen LogP contribution in [0.5, 0.6) is 5.75 Å². The molecule has 1 spiro atoms. The summed E-state index contributed by atoms with van der Waals surface area (Å²) in [5, 5.41) is 0. The van der Waals surface area contributed by atoms with Gasteiger partial charge in [-0.3, -0.25) is 0 Å². The van der Waals surface area contributed by atoms with E-state index in [4.69, 9.17) is 14.5 Å². The van der Waals surface area contributed by atoms with Crippen molar-refractivity contribution in [3.8, 4) is 5.75 Å². The number of rotatable bonds is 3. The Morgan fingerprint density at radius 3 is 2.78 bits per heavy atom. The van der Waals surface area contributed by atoms with Crippen molar-refractivity contribution >= 4 is 22.5 Å². The van der Waals surface area contributed by atoms with E-state index in [9.17, 15) is 21.6 Å². The second-order valence-corrected chi connectivity index (χ2v) is 10.4. The first kappa shape index (κ1) is 22.8. The molecular formula is C20H24F3N3O5S. The average Bonchev–Trinajstić information content (AvgIpc) is 3.10. The van der Waals surface area contributed by atoms with Crippen LogP contribution in [-0.2, 0) is 31.6 Å². The van der Waals surface area contributed by atoms with Crippen molar-refractivity contribution < 1.29 is 35.2 Å². The molecule has 3 atom stereocenters. The zero-order valence-electron chi connectivity index (χ0n) is 17.8. The molecule has 0 saturated carbocycles. The molecule has 4 rings (SSSR count). The third-order valence-electron chi connectivity index (χ3n) is 6.27. The highest BCUT2D eigenvalue weighted by molar-refractivity contribution is 7.88. The maximum Gasteiger partial charge on any atom is 0.534 e. The van der Waals surface area contributed by atoms with Crippen LogP contribution >= 0.6 is 0 Å². The van der Waals surface area contributed by atoms with Crippen molar-refractivity contribution in [2.24, 2.45) is 21.3 Å². The summed E-state index contributed by atoms with van der Waals surface area (Å²) in [6.07, 6.45) is 2.97. The zero-order valence-corrected chi connectivity index (χ0v) is 18.7. The lowest BCUT2D eigenvalue weighted by atomic mass is 9.56. The van der Waals surface area contributed by atoms with Crippen LogP contribution in [0.4, 0.5) is 13.2 Å². The summed E-state index contributed by atoms with van der Waals surface area (Å²) >= 11 is 0. The van der Waals surface area contributed by atoms with Gasteiger partial charge in [-0.1, -0.05) is 13.0 Å². The molecular weight excluding hydrogens is 451 g/mol.